The van der Waals surface area contributed by atoms with E-state index in [0.29, 0.717) is 5.69 Å². The summed E-state index contributed by atoms with van der Waals surface area (Å²) in [7, 11) is 0. The van der Waals surface area contributed by atoms with Crippen molar-refractivity contribution in [2.24, 2.45) is 0 Å². The third kappa shape index (κ3) is 3.66. The molecule has 110 valence electrons. The Labute approximate surface area is 129 Å². The summed E-state index contributed by atoms with van der Waals surface area (Å²) >= 11 is 3.37. The average Bonchev–Trinajstić information content (AvgIpc) is 2.85. The van der Waals surface area contributed by atoms with Gasteiger partial charge in [0.25, 0.3) is 11.6 Å². The summed E-state index contributed by atoms with van der Waals surface area (Å²) in [4.78, 5) is 22.2. The maximum atomic E-state index is 12.0. The first-order valence-electron chi connectivity index (χ1n) is 6.25. The monoisotopic (exact) mass is 352 g/mol. The summed E-state index contributed by atoms with van der Waals surface area (Å²) in [6.07, 6.45) is 1.83. The molecule has 0 saturated carbocycles. The predicted octanol–water partition coefficient (Wildman–Crippen LogP) is 2.50. The van der Waals surface area contributed by atoms with Gasteiger partial charge in [0.05, 0.1) is 21.6 Å². The van der Waals surface area contributed by atoms with Gasteiger partial charge in [-0.3, -0.25) is 19.6 Å². The Morgan fingerprint density at radius 3 is 2.90 bits per heavy atom. The van der Waals surface area contributed by atoms with Crippen molar-refractivity contribution >= 4 is 27.5 Å². The number of nitro groups is 1. The number of aromatic nitrogens is 2. The third-order valence-corrected chi connectivity index (χ3v) is 3.51. The molecule has 1 heterocycles. The van der Waals surface area contributed by atoms with Crippen molar-refractivity contribution in [3.8, 4) is 0 Å². The van der Waals surface area contributed by atoms with Crippen molar-refractivity contribution in [3.63, 3.8) is 0 Å². The zero-order chi connectivity index (χ0) is 15.4. The predicted molar refractivity (Wildman–Crippen MR) is 79.9 cm³/mol. The number of nitro benzene ring substituents is 1. The number of benzene rings is 1. The Morgan fingerprint density at radius 1 is 1.52 bits per heavy atom. The van der Waals surface area contributed by atoms with E-state index >= 15 is 0 Å². The quantitative estimate of drug-likeness (QED) is 0.661. The molecule has 2 aromatic rings. The normalized spacial score (nSPS) is 10.4. The van der Waals surface area contributed by atoms with Gasteiger partial charge in [-0.05, 0) is 28.9 Å². The van der Waals surface area contributed by atoms with Crippen LogP contribution in [0.4, 0.5) is 5.69 Å². The minimum absolute atomic E-state index is 0.112. The zero-order valence-corrected chi connectivity index (χ0v) is 12.8. The highest BCUT2D eigenvalue weighted by Gasteiger charge is 2.12. The number of hydrogen-bond acceptors (Lipinski definition) is 4. The first-order chi connectivity index (χ1) is 10.0. The van der Waals surface area contributed by atoms with Crippen LogP contribution in [0.25, 0.3) is 0 Å². The molecular formula is C13H13BrN4O3. The molecular weight excluding hydrogens is 340 g/mol. The molecule has 21 heavy (non-hydrogen) atoms. The molecule has 0 aliphatic heterocycles. The van der Waals surface area contributed by atoms with Gasteiger partial charge < -0.3 is 5.32 Å². The number of aryl methyl sites for hydroxylation is 1. The second-order valence-electron chi connectivity index (χ2n) is 4.27. The van der Waals surface area contributed by atoms with Crippen molar-refractivity contribution < 1.29 is 9.72 Å². The Morgan fingerprint density at radius 2 is 2.29 bits per heavy atom. The fraction of sp³-hybridized carbons (Fsp3) is 0.231. The molecule has 8 heteroatoms. The van der Waals surface area contributed by atoms with Crippen molar-refractivity contribution in [1.82, 2.24) is 15.1 Å². The molecule has 0 bridgehead atoms. The number of carbonyl (C=O) groups is 1. The molecule has 7 nitrogen and oxygen atoms in total. The van der Waals surface area contributed by atoms with Crippen molar-refractivity contribution in [2.75, 3.05) is 0 Å². The second kappa shape index (κ2) is 6.49. The van der Waals surface area contributed by atoms with E-state index in [1.165, 1.54) is 24.3 Å². The molecule has 2 rings (SSSR count). The lowest BCUT2D eigenvalue weighted by molar-refractivity contribution is -0.384. The highest BCUT2D eigenvalue weighted by Crippen LogP contribution is 2.16. The van der Waals surface area contributed by atoms with Crippen LogP contribution in [0.2, 0.25) is 0 Å². The maximum absolute atomic E-state index is 12.0. The van der Waals surface area contributed by atoms with Gasteiger partial charge in [-0.2, -0.15) is 5.10 Å². The number of halogens is 1. The largest absolute Gasteiger partial charge is 0.346 e. The molecule has 0 spiro atoms. The van der Waals surface area contributed by atoms with E-state index in [9.17, 15) is 14.9 Å². The SMILES string of the molecule is CCn1cc(Br)c(CNC(=O)c2cccc([N+](=O)[O-])c2)n1. The molecule has 0 saturated heterocycles. The molecule has 0 atom stereocenters. The van der Waals surface area contributed by atoms with E-state index in [2.05, 4.69) is 26.3 Å². The van der Waals surface area contributed by atoms with Crippen LogP contribution >= 0.6 is 15.9 Å². The fourth-order valence-electron chi connectivity index (χ4n) is 1.75. The summed E-state index contributed by atoms with van der Waals surface area (Å²) < 4.78 is 2.56. The van der Waals surface area contributed by atoms with Crippen LogP contribution in [-0.4, -0.2) is 20.6 Å². The van der Waals surface area contributed by atoms with Crippen LogP contribution in [0.3, 0.4) is 0 Å². The number of nitrogens with zero attached hydrogens (tertiary/aromatic N) is 3. The molecule has 0 aliphatic carbocycles. The lowest BCUT2D eigenvalue weighted by Gasteiger charge is -2.03. The summed E-state index contributed by atoms with van der Waals surface area (Å²) in [5.41, 5.74) is 0.838. The van der Waals surface area contributed by atoms with Gasteiger partial charge in [0.1, 0.15) is 0 Å². The highest BCUT2D eigenvalue weighted by molar-refractivity contribution is 9.10. The second-order valence-corrected chi connectivity index (χ2v) is 5.12. The van der Waals surface area contributed by atoms with Gasteiger partial charge in [-0.25, -0.2) is 0 Å². The Kier molecular flexibility index (Phi) is 4.69. The van der Waals surface area contributed by atoms with Gasteiger partial charge in [0.2, 0.25) is 0 Å². The number of non-ortho nitro benzene ring substituents is 1. The zero-order valence-electron chi connectivity index (χ0n) is 11.2. The summed E-state index contributed by atoms with van der Waals surface area (Å²) in [6, 6.07) is 5.60. The van der Waals surface area contributed by atoms with Gasteiger partial charge >= 0.3 is 0 Å². The van der Waals surface area contributed by atoms with Crippen LogP contribution in [-0.2, 0) is 13.1 Å². The van der Waals surface area contributed by atoms with E-state index in [4.69, 9.17) is 0 Å². The minimum Gasteiger partial charge on any atom is -0.346 e. The summed E-state index contributed by atoms with van der Waals surface area (Å²) in [5.74, 6) is -0.378. The Balaban J connectivity index is 2.06. The molecule has 0 aliphatic rings. The van der Waals surface area contributed by atoms with Crippen molar-refractivity contribution in [1.29, 1.82) is 0 Å². The Hall–Kier alpha value is -2.22. The minimum atomic E-state index is -0.531. The maximum Gasteiger partial charge on any atom is 0.270 e. The molecule has 1 aromatic carbocycles. The number of rotatable bonds is 5. The molecule has 1 N–H and O–H groups in total. The van der Waals surface area contributed by atoms with Crippen molar-refractivity contribution in [3.05, 3.63) is 56.3 Å². The molecule has 1 amide bonds. The van der Waals surface area contributed by atoms with Crippen LogP contribution < -0.4 is 5.32 Å². The Bertz CT molecular complexity index is 684. The first kappa shape index (κ1) is 15.2. The van der Waals surface area contributed by atoms with Gasteiger partial charge in [-0.1, -0.05) is 6.07 Å². The number of amides is 1. The van der Waals surface area contributed by atoms with Gasteiger partial charge in [0.15, 0.2) is 0 Å². The standard InChI is InChI=1S/C13H13BrN4O3/c1-2-17-8-11(14)12(16-17)7-15-13(19)9-4-3-5-10(6-9)18(20)21/h3-6,8H,2,7H2,1H3,(H,15,19). The van der Waals surface area contributed by atoms with Crippen LogP contribution in [0, 0.1) is 10.1 Å². The lowest BCUT2D eigenvalue weighted by atomic mass is 10.2. The van der Waals surface area contributed by atoms with E-state index in [0.717, 1.165) is 11.0 Å². The smallest absolute Gasteiger partial charge is 0.270 e. The van der Waals surface area contributed by atoms with E-state index in [-0.39, 0.29) is 23.7 Å². The molecule has 0 fully saturated rings. The van der Waals surface area contributed by atoms with Crippen LogP contribution in [0.1, 0.15) is 23.0 Å². The van der Waals surface area contributed by atoms with Gasteiger partial charge in [-0.15, -0.1) is 0 Å². The molecule has 0 unspecified atom stereocenters. The third-order valence-electron chi connectivity index (χ3n) is 2.85. The lowest BCUT2D eigenvalue weighted by Crippen LogP contribution is -2.23. The van der Waals surface area contributed by atoms with Crippen LogP contribution in [0.5, 0.6) is 0 Å². The van der Waals surface area contributed by atoms with E-state index in [1.54, 1.807) is 4.68 Å². The van der Waals surface area contributed by atoms with Crippen molar-refractivity contribution in [2.45, 2.75) is 20.0 Å². The van der Waals surface area contributed by atoms with Gasteiger partial charge in [0, 0.05) is 30.4 Å². The van der Waals surface area contributed by atoms with E-state index in [1.807, 2.05) is 13.1 Å². The first-order valence-corrected chi connectivity index (χ1v) is 7.05. The highest BCUT2D eigenvalue weighted by atomic mass is 79.9. The molecule has 1 aromatic heterocycles. The molecule has 0 radical (unpaired) electrons. The van der Waals surface area contributed by atoms with E-state index < -0.39 is 4.92 Å². The summed E-state index contributed by atoms with van der Waals surface area (Å²) in [6.45, 7) is 2.94. The topological polar surface area (TPSA) is 90.1 Å². The number of carbonyl (C=O) groups excluding carboxylic acids is 1. The number of nitrogens with one attached hydrogen (secondary N) is 1. The van der Waals surface area contributed by atoms with Crippen LogP contribution in [0.15, 0.2) is 34.9 Å². The number of hydrogen-bond donors (Lipinski definition) is 1. The average molecular weight is 353 g/mol. The summed E-state index contributed by atoms with van der Waals surface area (Å²) in [5, 5.41) is 17.7. The fourth-order valence-corrected chi connectivity index (χ4v) is 2.20.